The number of aromatic nitrogens is 1. The third-order valence-electron chi connectivity index (χ3n) is 3.63. The first-order valence-corrected chi connectivity index (χ1v) is 7.11. The Morgan fingerprint density at radius 2 is 1.94 bits per heavy atom. The molecule has 0 aliphatic carbocycles. The molecule has 1 aromatic rings. The van der Waals surface area contributed by atoms with Crippen molar-refractivity contribution >= 4 is 5.69 Å². The van der Waals surface area contributed by atoms with Crippen LogP contribution >= 0.6 is 0 Å². The topological polar surface area (TPSA) is 28.2 Å². The smallest absolute Gasteiger partial charge is 0.0397 e. The van der Waals surface area contributed by atoms with Gasteiger partial charge in [0.2, 0.25) is 0 Å². The van der Waals surface area contributed by atoms with E-state index in [0.717, 1.165) is 18.4 Å². The quantitative estimate of drug-likeness (QED) is 0.866. The summed E-state index contributed by atoms with van der Waals surface area (Å²) < 4.78 is 0. The fraction of sp³-hybridized carbons (Fsp3) is 0.667. The van der Waals surface area contributed by atoms with Gasteiger partial charge < -0.3 is 10.2 Å². The van der Waals surface area contributed by atoms with Crippen LogP contribution < -0.4 is 10.2 Å². The largest absolute Gasteiger partial charge is 0.371 e. The van der Waals surface area contributed by atoms with E-state index >= 15 is 0 Å². The predicted molar refractivity (Wildman–Crippen MR) is 76.9 cm³/mol. The summed E-state index contributed by atoms with van der Waals surface area (Å²) in [5.74, 6) is 1.60. The van der Waals surface area contributed by atoms with Gasteiger partial charge >= 0.3 is 0 Å². The third-order valence-corrected chi connectivity index (χ3v) is 3.63. The maximum Gasteiger partial charge on any atom is 0.0397 e. The Kier molecular flexibility index (Phi) is 5.00. The number of rotatable bonds is 5. The molecule has 3 nitrogen and oxygen atoms in total. The SMILES string of the molecule is CC(C)CNCC1CCN(c2ccncc2)CC1. The average molecular weight is 247 g/mol. The van der Waals surface area contributed by atoms with E-state index < -0.39 is 0 Å². The van der Waals surface area contributed by atoms with Crippen molar-refractivity contribution in [2.24, 2.45) is 11.8 Å². The Bertz CT molecular complexity index is 329. The van der Waals surface area contributed by atoms with Crippen LogP contribution in [-0.4, -0.2) is 31.2 Å². The molecule has 0 atom stereocenters. The highest BCUT2D eigenvalue weighted by molar-refractivity contribution is 5.44. The van der Waals surface area contributed by atoms with Crippen molar-refractivity contribution in [1.82, 2.24) is 10.3 Å². The minimum absolute atomic E-state index is 0.752. The van der Waals surface area contributed by atoms with Gasteiger partial charge in [-0.15, -0.1) is 0 Å². The molecule has 0 amide bonds. The van der Waals surface area contributed by atoms with Crippen LogP contribution in [0.3, 0.4) is 0 Å². The predicted octanol–water partition coefficient (Wildman–Crippen LogP) is 2.54. The first kappa shape index (κ1) is 13.3. The number of hydrogen-bond donors (Lipinski definition) is 1. The summed E-state index contributed by atoms with van der Waals surface area (Å²) in [6.45, 7) is 9.21. The van der Waals surface area contributed by atoms with E-state index in [0.29, 0.717) is 0 Å². The summed E-state index contributed by atoms with van der Waals surface area (Å²) in [6, 6.07) is 4.22. The highest BCUT2D eigenvalue weighted by Gasteiger charge is 2.18. The highest BCUT2D eigenvalue weighted by atomic mass is 15.1. The fourth-order valence-electron chi connectivity index (χ4n) is 2.53. The van der Waals surface area contributed by atoms with Crippen molar-refractivity contribution in [3.8, 4) is 0 Å². The van der Waals surface area contributed by atoms with Gasteiger partial charge in [-0.05, 0) is 49.9 Å². The lowest BCUT2D eigenvalue weighted by molar-refractivity contribution is 0.374. The molecule has 1 saturated heterocycles. The minimum atomic E-state index is 0.752. The number of anilines is 1. The van der Waals surface area contributed by atoms with Crippen molar-refractivity contribution in [1.29, 1.82) is 0 Å². The molecule has 1 fully saturated rings. The Morgan fingerprint density at radius 1 is 1.28 bits per heavy atom. The first-order chi connectivity index (χ1) is 8.75. The summed E-state index contributed by atoms with van der Waals surface area (Å²) in [7, 11) is 0. The lowest BCUT2D eigenvalue weighted by Gasteiger charge is -2.33. The number of nitrogens with one attached hydrogen (secondary N) is 1. The molecule has 18 heavy (non-hydrogen) atoms. The highest BCUT2D eigenvalue weighted by Crippen LogP contribution is 2.22. The van der Waals surface area contributed by atoms with Crippen molar-refractivity contribution < 1.29 is 0 Å². The van der Waals surface area contributed by atoms with Crippen LogP contribution in [0.4, 0.5) is 5.69 Å². The molecule has 0 saturated carbocycles. The van der Waals surface area contributed by atoms with E-state index in [1.54, 1.807) is 0 Å². The molecular weight excluding hydrogens is 222 g/mol. The van der Waals surface area contributed by atoms with E-state index in [-0.39, 0.29) is 0 Å². The van der Waals surface area contributed by atoms with Crippen LogP contribution in [0.2, 0.25) is 0 Å². The molecule has 2 heterocycles. The summed E-state index contributed by atoms with van der Waals surface area (Å²) >= 11 is 0. The molecule has 100 valence electrons. The Balaban J connectivity index is 1.71. The zero-order valence-electron chi connectivity index (χ0n) is 11.6. The van der Waals surface area contributed by atoms with Crippen molar-refractivity contribution in [3.05, 3.63) is 24.5 Å². The minimum Gasteiger partial charge on any atom is -0.371 e. The molecule has 0 spiro atoms. The normalized spacial score (nSPS) is 17.4. The molecule has 0 unspecified atom stereocenters. The van der Waals surface area contributed by atoms with E-state index in [1.165, 1.54) is 38.2 Å². The van der Waals surface area contributed by atoms with E-state index in [4.69, 9.17) is 0 Å². The van der Waals surface area contributed by atoms with Gasteiger partial charge in [0.25, 0.3) is 0 Å². The Morgan fingerprint density at radius 3 is 2.56 bits per heavy atom. The van der Waals surface area contributed by atoms with Gasteiger partial charge in [0, 0.05) is 31.2 Å². The molecule has 1 N–H and O–H groups in total. The molecule has 1 aliphatic heterocycles. The number of hydrogen-bond acceptors (Lipinski definition) is 3. The van der Waals surface area contributed by atoms with Crippen LogP contribution in [0.1, 0.15) is 26.7 Å². The van der Waals surface area contributed by atoms with Crippen molar-refractivity contribution in [2.45, 2.75) is 26.7 Å². The molecule has 1 aromatic heterocycles. The zero-order chi connectivity index (χ0) is 12.8. The van der Waals surface area contributed by atoms with Gasteiger partial charge in [-0.3, -0.25) is 4.98 Å². The van der Waals surface area contributed by atoms with Gasteiger partial charge in [-0.25, -0.2) is 0 Å². The lowest BCUT2D eigenvalue weighted by Crippen LogP contribution is -2.37. The third kappa shape index (κ3) is 3.98. The molecule has 0 aromatic carbocycles. The van der Waals surface area contributed by atoms with Gasteiger partial charge in [-0.1, -0.05) is 13.8 Å². The number of nitrogens with zero attached hydrogens (tertiary/aromatic N) is 2. The van der Waals surface area contributed by atoms with Crippen LogP contribution in [0, 0.1) is 11.8 Å². The maximum absolute atomic E-state index is 4.08. The molecule has 0 radical (unpaired) electrons. The first-order valence-electron chi connectivity index (χ1n) is 7.11. The second kappa shape index (κ2) is 6.74. The van der Waals surface area contributed by atoms with E-state index in [2.05, 4.69) is 41.2 Å². The van der Waals surface area contributed by atoms with Gasteiger partial charge in [0.15, 0.2) is 0 Å². The Labute approximate surface area is 111 Å². The van der Waals surface area contributed by atoms with E-state index in [9.17, 15) is 0 Å². The summed E-state index contributed by atoms with van der Waals surface area (Å²) in [6.07, 6.45) is 6.36. The lowest BCUT2D eigenvalue weighted by atomic mass is 9.96. The van der Waals surface area contributed by atoms with Crippen LogP contribution in [0.5, 0.6) is 0 Å². The van der Waals surface area contributed by atoms with Crippen LogP contribution in [0.25, 0.3) is 0 Å². The molecular formula is C15H25N3. The zero-order valence-corrected chi connectivity index (χ0v) is 11.6. The molecule has 3 heteroatoms. The molecule has 2 rings (SSSR count). The van der Waals surface area contributed by atoms with Crippen molar-refractivity contribution in [2.75, 3.05) is 31.1 Å². The van der Waals surface area contributed by atoms with Crippen LogP contribution in [0.15, 0.2) is 24.5 Å². The number of piperidine rings is 1. The van der Waals surface area contributed by atoms with Crippen LogP contribution in [-0.2, 0) is 0 Å². The fourth-order valence-corrected chi connectivity index (χ4v) is 2.53. The Hall–Kier alpha value is -1.09. The average Bonchev–Trinajstić information content (AvgIpc) is 2.40. The monoisotopic (exact) mass is 247 g/mol. The van der Waals surface area contributed by atoms with Gasteiger partial charge in [0.05, 0.1) is 0 Å². The molecule has 1 aliphatic rings. The van der Waals surface area contributed by atoms with Gasteiger partial charge in [0.1, 0.15) is 0 Å². The van der Waals surface area contributed by atoms with Gasteiger partial charge in [-0.2, -0.15) is 0 Å². The summed E-state index contributed by atoms with van der Waals surface area (Å²) in [5, 5.41) is 3.58. The second-order valence-electron chi connectivity index (χ2n) is 5.69. The number of pyridine rings is 1. The van der Waals surface area contributed by atoms with Crippen molar-refractivity contribution in [3.63, 3.8) is 0 Å². The summed E-state index contributed by atoms with van der Waals surface area (Å²) in [5.41, 5.74) is 1.32. The van der Waals surface area contributed by atoms with E-state index in [1.807, 2.05) is 12.4 Å². The standard InChI is InChI=1S/C15H25N3/c1-13(2)11-17-12-14-5-9-18(10-6-14)15-3-7-16-8-4-15/h3-4,7-8,13-14,17H,5-6,9-12H2,1-2H3. The molecule has 0 bridgehead atoms. The maximum atomic E-state index is 4.08. The summed E-state index contributed by atoms with van der Waals surface area (Å²) in [4.78, 5) is 6.55. The second-order valence-corrected chi connectivity index (χ2v) is 5.69.